The Kier molecular flexibility index (Phi) is 3.97. The van der Waals surface area contributed by atoms with Crippen LogP contribution in [-0.4, -0.2) is 73.3 Å². The summed E-state index contributed by atoms with van der Waals surface area (Å²) in [6.45, 7) is 0. The van der Waals surface area contributed by atoms with Gasteiger partial charge in [0.05, 0.1) is 5.22 Å². The molecule has 8 heteroatoms. The molecule has 1 amide bonds. The first kappa shape index (κ1) is 9.98. The normalized spacial score (nSPS) is 14.4. The van der Waals surface area contributed by atoms with Gasteiger partial charge >= 0.3 is 63.1 Å². The van der Waals surface area contributed by atoms with Crippen molar-refractivity contribution in [2.45, 2.75) is 0 Å². The predicted octanol–water partition coefficient (Wildman–Crippen LogP) is -1.19. The fourth-order valence-corrected chi connectivity index (χ4v) is 0.313. The van der Waals surface area contributed by atoms with E-state index in [1.54, 1.807) is 0 Å². The van der Waals surface area contributed by atoms with Crippen molar-refractivity contribution in [1.29, 1.82) is 0 Å². The number of amidine groups is 1. The van der Waals surface area contributed by atoms with Crippen LogP contribution in [-0.2, 0) is 4.79 Å². The summed E-state index contributed by atoms with van der Waals surface area (Å²) in [4.78, 5) is 19.4. The average molecular weight is 169 g/mol. The molecule has 0 spiro atoms. The molecule has 0 aromatic carbocycles. The van der Waals surface area contributed by atoms with Gasteiger partial charge in [-0.15, -0.1) is 0 Å². The van der Waals surface area contributed by atoms with Gasteiger partial charge in [0, 0.05) is 0 Å². The van der Waals surface area contributed by atoms with Gasteiger partial charge in [-0.25, -0.2) is 0 Å². The Balaban J connectivity index is 0.000000810. The third-order valence-corrected chi connectivity index (χ3v) is 0.647. The van der Waals surface area contributed by atoms with E-state index in [1.165, 1.54) is 0 Å². The number of carbonyl (C=O) groups is 1. The fourth-order valence-electron chi connectivity index (χ4n) is 0.313. The van der Waals surface area contributed by atoms with Gasteiger partial charge in [0.15, 0.2) is 4.92 Å². The van der Waals surface area contributed by atoms with Crippen LogP contribution < -0.4 is 0 Å². The van der Waals surface area contributed by atoms with Crippen molar-refractivity contribution >= 4 is 63.1 Å². The molecule has 1 rings (SSSR count). The quantitative estimate of drug-likeness (QED) is 0.365. The van der Waals surface area contributed by atoms with E-state index < -0.39 is 16.7 Å². The van der Waals surface area contributed by atoms with Crippen LogP contribution >= 0.6 is 0 Å². The van der Waals surface area contributed by atoms with E-state index in [9.17, 15) is 9.70 Å². The molecule has 0 bridgehead atoms. The van der Waals surface area contributed by atoms with E-state index in [0.29, 0.717) is 0 Å². The van der Waals surface area contributed by atoms with Gasteiger partial charge in [-0.05, 0) is 4.91 Å². The Morgan fingerprint density at radius 1 is 1.50 bits per heavy atom. The van der Waals surface area contributed by atoms with E-state index in [2.05, 4.69) is 15.4 Å². The summed E-state index contributed by atoms with van der Waals surface area (Å²) < 4.78 is 0. The van der Waals surface area contributed by atoms with Crippen molar-refractivity contribution in [3.63, 3.8) is 0 Å². The molecule has 0 saturated heterocycles. The molecule has 0 fully saturated rings. The predicted molar refractivity (Wildman–Crippen MR) is 29.9 cm³/mol. The zero-order valence-electron chi connectivity index (χ0n) is 4.05. The molecule has 10 heavy (non-hydrogen) atoms. The van der Waals surface area contributed by atoms with E-state index in [4.69, 9.17) is 5.21 Å². The number of hydrogen-bond acceptors (Lipinski definition) is 4. The van der Waals surface area contributed by atoms with Gasteiger partial charge in [-0.2, -0.15) is 0 Å². The van der Waals surface area contributed by atoms with Gasteiger partial charge in [0.2, 0.25) is 0 Å². The molecular weight excluding hydrogens is 167 g/mol. The molecule has 1 N–H and O–H groups in total. The summed E-state index contributed by atoms with van der Waals surface area (Å²) >= 11 is 0. The van der Waals surface area contributed by atoms with Crippen molar-refractivity contribution in [1.82, 2.24) is 0 Å². The first-order valence-corrected chi connectivity index (χ1v) is 1.91. The van der Waals surface area contributed by atoms with Crippen molar-refractivity contribution in [2.24, 2.45) is 15.4 Å². The van der Waals surface area contributed by atoms with Crippen molar-refractivity contribution in [3.8, 4) is 0 Å². The van der Waals surface area contributed by atoms with E-state index in [1.807, 2.05) is 0 Å². The summed E-state index contributed by atoms with van der Waals surface area (Å²) in [6, 6.07) is 0. The Hall–Kier alpha value is -0.0236. The maximum absolute atomic E-state index is 10.2. The van der Waals surface area contributed by atoms with Gasteiger partial charge in [0.1, 0.15) is 5.10 Å². The minimum atomic E-state index is -0.937. The molecule has 1 aliphatic heterocycles. The molecular formula is C2H2KN4O3+. The van der Waals surface area contributed by atoms with Crippen molar-refractivity contribution in [3.05, 3.63) is 4.91 Å². The topological polar surface area (TPSA) is 94.5 Å². The molecule has 0 aromatic heterocycles. The Morgan fingerprint density at radius 2 is 2.10 bits per heavy atom. The third-order valence-electron chi connectivity index (χ3n) is 0.647. The second-order valence-electron chi connectivity index (χ2n) is 1.19. The Labute approximate surface area is 97.1 Å². The van der Waals surface area contributed by atoms with Crippen molar-refractivity contribution in [2.75, 3.05) is 0 Å². The summed E-state index contributed by atoms with van der Waals surface area (Å²) in [5.41, 5.74) is 0. The molecule has 0 radical (unpaired) electrons. The average Bonchev–Trinajstić information content (AvgIpc) is 2.13. The molecule has 0 unspecified atom stereocenters. The Bertz CT molecular complexity index is 233. The second-order valence-corrected chi connectivity index (χ2v) is 1.19. The van der Waals surface area contributed by atoms with Gasteiger partial charge in [-0.1, -0.05) is 5.11 Å². The molecule has 0 aromatic rings. The van der Waals surface area contributed by atoms with Crippen LogP contribution in [0.15, 0.2) is 15.4 Å². The molecule has 48 valence electrons. The molecule has 0 atom stereocenters. The van der Waals surface area contributed by atoms with E-state index >= 15 is 0 Å². The summed E-state index contributed by atoms with van der Waals surface area (Å²) in [6.07, 6.45) is 0. The fraction of sp³-hybridized carbons (Fsp3) is 0. The minimum absolute atomic E-state index is 0. The van der Waals surface area contributed by atoms with Crippen LogP contribution in [0, 0.1) is 4.91 Å². The van der Waals surface area contributed by atoms with Crippen LogP contribution in [0.25, 0.3) is 0 Å². The molecule has 0 aliphatic carbocycles. The van der Waals surface area contributed by atoms with Crippen LogP contribution in [0.2, 0.25) is 0 Å². The third kappa shape index (κ3) is 1.99. The van der Waals surface area contributed by atoms with Gasteiger partial charge < -0.3 is 5.21 Å². The van der Waals surface area contributed by atoms with Crippen LogP contribution in [0.4, 0.5) is 0 Å². The van der Waals surface area contributed by atoms with Gasteiger partial charge in [0.25, 0.3) is 0 Å². The molecule has 0 saturated carbocycles. The second kappa shape index (κ2) is 3.98. The molecule has 1 aliphatic rings. The number of nitrogens with zero attached hydrogens (tertiary/aromatic N) is 4. The number of amides is 1. The first-order chi connectivity index (χ1) is 4.22. The SMILES string of the molecule is O=C1N=NN=C1[N+](=O)O.[KH]. The summed E-state index contributed by atoms with van der Waals surface area (Å²) in [7, 11) is 0. The summed E-state index contributed by atoms with van der Waals surface area (Å²) in [5, 5.41) is 16.6. The van der Waals surface area contributed by atoms with Crippen molar-refractivity contribution < 1.29 is 14.9 Å². The number of carbonyl (C=O) groups excluding carboxylic acids is 1. The van der Waals surface area contributed by atoms with Gasteiger partial charge in [-0.3, -0.25) is 4.79 Å². The molecule has 1 heterocycles. The van der Waals surface area contributed by atoms with Crippen LogP contribution in [0.3, 0.4) is 0 Å². The Morgan fingerprint density at radius 3 is 2.30 bits per heavy atom. The number of hydrogen-bond donors (Lipinski definition) is 1. The zero-order valence-corrected chi connectivity index (χ0v) is 4.05. The number of rotatable bonds is 0. The van der Waals surface area contributed by atoms with Crippen LogP contribution in [0.1, 0.15) is 0 Å². The zero-order chi connectivity index (χ0) is 6.85. The first-order valence-electron chi connectivity index (χ1n) is 1.91. The van der Waals surface area contributed by atoms with Crippen LogP contribution in [0.5, 0.6) is 0 Å². The maximum atomic E-state index is 10.2. The monoisotopic (exact) mass is 169 g/mol. The van der Waals surface area contributed by atoms with E-state index in [-0.39, 0.29) is 51.4 Å². The molecule has 7 nitrogen and oxygen atoms in total. The standard InChI is InChI=1S/C2HN4O3.K.H/c7-2-1(6(8)9)3-5-4-2;;/h(H,8,9);;/q+1;;. The van der Waals surface area contributed by atoms with E-state index in [0.717, 1.165) is 0 Å². The summed E-state index contributed by atoms with van der Waals surface area (Å²) in [5.74, 6) is -1.65.